The second-order valence-corrected chi connectivity index (χ2v) is 7.52. The quantitative estimate of drug-likeness (QED) is 0.135. The van der Waals surface area contributed by atoms with Crippen LogP contribution in [0, 0.1) is 0 Å². The Morgan fingerprint density at radius 2 is 1.81 bits per heavy atom. The molecule has 2 rings (SSSR count). The summed E-state index contributed by atoms with van der Waals surface area (Å²) in [5.41, 5.74) is 1.56. The van der Waals surface area contributed by atoms with Crippen LogP contribution in [0.15, 0.2) is 40.0 Å². The SMILES string of the molecule is CC(=O)Nc1cccc(N=Nc2scc[n+]2C)c1N(C(C)OCCO)C(C)OCCO.[I-]. The van der Waals surface area contributed by atoms with E-state index in [1.54, 1.807) is 36.9 Å². The Balaban J connectivity index is 0.00000512. The van der Waals surface area contributed by atoms with Crippen molar-refractivity contribution >= 4 is 39.4 Å². The number of halogens is 1. The molecule has 0 aliphatic heterocycles. The Hall–Kier alpha value is -1.71. The normalized spacial score (nSPS) is 12.9. The Kier molecular flexibility index (Phi) is 12.8. The van der Waals surface area contributed by atoms with Gasteiger partial charge in [0, 0.05) is 12.3 Å². The van der Waals surface area contributed by atoms with Crippen LogP contribution in [0.3, 0.4) is 0 Å². The minimum atomic E-state index is -0.539. The van der Waals surface area contributed by atoms with E-state index < -0.39 is 12.5 Å². The number of aliphatic hydroxyl groups excluding tert-OH is 2. The minimum Gasteiger partial charge on any atom is -1.00 e. The highest BCUT2D eigenvalue weighted by Gasteiger charge is 2.28. The Morgan fingerprint density at radius 1 is 1.19 bits per heavy atom. The van der Waals surface area contributed by atoms with E-state index in [9.17, 15) is 15.0 Å². The number of anilines is 2. The predicted octanol–water partition coefficient (Wildman–Crippen LogP) is -0.533. The van der Waals surface area contributed by atoms with E-state index in [-0.39, 0.29) is 56.3 Å². The third-order valence-corrected chi connectivity index (χ3v) is 5.11. The number of aryl methyl sites for hydroxylation is 1. The lowest BCUT2D eigenvalue weighted by Gasteiger charge is -2.37. The van der Waals surface area contributed by atoms with E-state index in [4.69, 9.17) is 9.47 Å². The maximum atomic E-state index is 11.9. The van der Waals surface area contributed by atoms with Gasteiger partial charge in [-0.25, -0.2) is 4.57 Å². The van der Waals surface area contributed by atoms with Crippen molar-refractivity contribution < 1.29 is 53.0 Å². The summed E-state index contributed by atoms with van der Waals surface area (Å²) in [7, 11) is 1.88. The second kappa shape index (κ2) is 14.4. The van der Waals surface area contributed by atoms with Gasteiger partial charge in [-0.05, 0) is 42.4 Å². The number of thiazole rings is 1. The summed E-state index contributed by atoms with van der Waals surface area (Å²) in [6.07, 6.45) is 0.806. The van der Waals surface area contributed by atoms with Crippen LogP contribution in [0.5, 0.6) is 0 Å². The van der Waals surface area contributed by atoms with Crippen molar-refractivity contribution in [2.75, 3.05) is 36.6 Å². The molecule has 0 fully saturated rings. The first-order valence-electron chi connectivity index (χ1n) is 9.87. The van der Waals surface area contributed by atoms with E-state index in [0.717, 1.165) is 0 Å². The van der Waals surface area contributed by atoms with Crippen molar-refractivity contribution in [1.29, 1.82) is 0 Å². The summed E-state index contributed by atoms with van der Waals surface area (Å²) in [4.78, 5) is 13.6. The summed E-state index contributed by atoms with van der Waals surface area (Å²) in [5.74, 6) is -0.243. The van der Waals surface area contributed by atoms with E-state index in [0.29, 0.717) is 22.2 Å². The summed E-state index contributed by atoms with van der Waals surface area (Å²) >= 11 is 1.45. The molecule has 1 aromatic heterocycles. The number of hydrogen-bond donors (Lipinski definition) is 3. The van der Waals surface area contributed by atoms with Gasteiger partial charge in [-0.3, -0.25) is 4.79 Å². The zero-order valence-corrected chi connectivity index (χ0v) is 21.5. The number of aliphatic hydroxyl groups is 2. The molecule has 0 bridgehead atoms. The fraction of sp³-hybridized carbons (Fsp3) is 0.500. The molecule has 1 aromatic carbocycles. The van der Waals surface area contributed by atoms with Gasteiger partial charge in [0.25, 0.3) is 0 Å². The van der Waals surface area contributed by atoms with Gasteiger partial charge >= 0.3 is 5.13 Å². The van der Waals surface area contributed by atoms with E-state index >= 15 is 0 Å². The Morgan fingerprint density at radius 3 is 2.31 bits per heavy atom. The zero-order chi connectivity index (χ0) is 22.8. The van der Waals surface area contributed by atoms with Crippen molar-refractivity contribution in [1.82, 2.24) is 0 Å². The maximum Gasteiger partial charge on any atom is 0.408 e. The van der Waals surface area contributed by atoms with Gasteiger partial charge in [-0.2, -0.15) is 0 Å². The lowest BCUT2D eigenvalue weighted by molar-refractivity contribution is -0.654. The number of nitrogens with zero attached hydrogens (tertiary/aromatic N) is 4. The van der Waals surface area contributed by atoms with Crippen molar-refractivity contribution in [2.24, 2.45) is 17.3 Å². The third kappa shape index (κ3) is 8.01. The number of carbonyl (C=O) groups excluding carboxylic acids is 1. The summed E-state index contributed by atoms with van der Waals surface area (Å²) < 4.78 is 13.3. The first-order chi connectivity index (χ1) is 14.9. The first-order valence-corrected chi connectivity index (χ1v) is 10.8. The molecule has 0 aliphatic rings. The molecule has 178 valence electrons. The van der Waals surface area contributed by atoms with Gasteiger partial charge < -0.3 is 53.9 Å². The Labute approximate surface area is 208 Å². The van der Waals surface area contributed by atoms with Crippen LogP contribution in [0.2, 0.25) is 0 Å². The number of nitrogens with one attached hydrogen (secondary N) is 1. The molecular weight excluding hydrogens is 549 g/mol. The number of carbonyl (C=O) groups is 1. The molecule has 2 unspecified atom stereocenters. The number of benzene rings is 1. The molecular formula is C20H30IN5O5S. The van der Waals surface area contributed by atoms with Gasteiger partial charge in [0.2, 0.25) is 5.91 Å². The molecule has 10 nitrogen and oxygen atoms in total. The fourth-order valence-electron chi connectivity index (χ4n) is 2.96. The third-order valence-electron chi connectivity index (χ3n) is 4.27. The average molecular weight is 579 g/mol. The van der Waals surface area contributed by atoms with Crippen LogP contribution >= 0.6 is 11.3 Å². The molecule has 3 N–H and O–H groups in total. The number of hydrogen-bond acceptors (Lipinski definition) is 9. The van der Waals surface area contributed by atoms with Crippen molar-refractivity contribution in [3.63, 3.8) is 0 Å². The van der Waals surface area contributed by atoms with Gasteiger partial charge in [-0.1, -0.05) is 6.07 Å². The molecule has 0 aliphatic carbocycles. The number of amides is 1. The number of para-hydroxylation sites is 1. The van der Waals surface area contributed by atoms with Crippen LogP contribution in [0.1, 0.15) is 20.8 Å². The fourth-order valence-corrected chi connectivity index (χ4v) is 3.64. The number of aromatic nitrogens is 1. The number of ether oxygens (including phenoxy) is 2. The summed E-state index contributed by atoms with van der Waals surface area (Å²) in [5, 5.41) is 32.6. The van der Waals surface area contributed by atoms with Crippen LogP contribution in [-0.4, -0.2) is 55.0 Å². The van der Waals surface area contributed by atoms with E-state index in [1.165, 1.54) is 18.3 Å². The van der Waals surface area contributed by atoms with Crippen molar-refractivity contribution in [3.05, 3.63) is 29.8 Å². The smallest absolute Gasteiger partial charge is 0.408 e. The molecule has 0 saturated carbocycles. The first kappa shape index (κ1) is 28.3. The number of rotatable bonds is 12. The van der Waals surface area contributed by atoms with E-state index in [1.807, 2.05) is 23.2 Å². The highest BCUT2D eigenvalue weighted by atomic mass is 127. The molecule has 1 amide bonds. The molecule has 32 heavy (non-hydrogen) atoms. The summed E-state index contributed by atoms with van der Waals surface area (Å²) in [6.45, 7) is 4.99. The lowest BCUT2D eigenvalue weighted by Crippen LogP contribution is -3.00. The molecule has 2 aromatic rings. The monoisotopic (exact) mass is 579 g/mol. The van der Waals surface area contributed by atoms with Crippen LogP contribution in [0.4, 0.5) is 22.2 Å². The van der Waals surface area contributed by atoms with Gasteiger partial charge in [0.05, 0.1) is 50.0 Å². The maximum absolute atomic E-state index is 11.9. The minimum absolute atomic E-state index is 0. The van der Waals surface area contributed by atoms with Crippen LogP contribution in [0.25, 0.3) is 0 Å². The number of azo groups is 1. The second-order valence-electron chi connectivity index (χ2n) is 6.65. The van der Waals surface area contributed by atoms with Crippen LogP contribution < -0.4 is 38.8 Å². The molecule has 0 saturated heterocycles. The highest BCUT2D eigenvalue weighted by molar-refractivity contribution is 7.12. The topological polar surface area (TPSA) is 120 Å². The van der Waals surface area contributed by atoms with Crippen molar-refractivity contribution in [2.45, 2.75) is 33.2 Å². The van der Waals surface area contributed by atoms with Gasteiger partial charge in [0.15, 0.2) is 0 Å². The standard InChI is InChI=1S/C20H29N5O5S.HI/c1-14(28)21-17-6-5-7-18(22-23-20-24(4)8-13-31-20)19(17)25(15(2)29-11-9-26)16(3)30-12-10-27;/h5-8,13,15-16,26-27H,9-12H2,1-4H3;1H. The van der Waals surface area contributed by atoms with E-state index in [2.05, 4.69) is 15.5 Å². The predicted molar refractivity (Wildman–Crippen MR) is 118 cm³/mol. The highest BCUT2D eigenvalue weighted by Crippen LogP contribution is 2.40. The molecule has 0 radical (unpaired) electrons. The summed E-state index contributed by atoms with van der Waals surface area (Å²) in [6, 6.07) is 5.31. The molecule has 0 spiro atoms. The molecule has 12 heteroatoms. The Bertz CT molecular complexity index is 868. The lowest BCUT2D eigenvalue weighted by atomic mass is 10.2. The van der Waals surface area contributed by atoms with Gasteiger partial charge in [-0.15, -0.1) is 0 Å². The molecule has 2 atom stereocenters. The average Bonchev–Trinajstić information content (AvgIpc) is 3.15. The molecule has 1 heterocycles. The van der Waals surface area contributed by atoms with Crippen LogP contribution in [-0.2, 0) is 21.3 Å². The van der Waals surface area contributed by atoms with Gasteiger partial charge in [0.1, 0.15) is 24.3 Å². The zero-order valence-electron chi connectivity index (χ0n) is 18.6. The van der Waals surface area contributed by atoms with Crippen molar-refractivity contribution in [3.8, 4) is 0 Å². The largest absolute Gasteiger partial charge is 1.00 e.